The van der Waals surface area contributed by atoms with Crippen molar-refractivity contribution >= 4 is 23.1 Å². The second-order valence-corrected chi connectivity index (χ2v) is 8.08. The highest BCUT2D eigenvalue weighted by Gasteiger charge is 2.44. The average Bonchev–Trinajstić information content (AvgIpc) is 3.05. The highest BCUT2D eigenvalue weighted by atomic mass is 16.5. The van der Waals surface area contributed by atoms with Gasteiger partial charge in [-0.3, -0.25) is 9.59 Å². The van der Waals surface area contributed by atoms with E-state index in [0.717, 1.165) is 31.5 Å². The number of likely N-dealkylation sites (N-methyl/N-ethyl adjacent to an activating group) is 1. The molecule has 2 amide bonds. The monoisotopic (exact) mass is 419 g/mol. The number of piperidine rings is 1. The molecule has 2 heterocycles. The van der Waals surface area contributed by atoms with E-state index in [2.05, 4.69) is 11.9 Å². The average molecular weight is 420 g/mol. The number of amides is 2. The van der Waals surface area contributed by atoms with Crippen LogP contribution in [0.4, 0.5) is 5.69 Å². The molecule has 0 spiro atoms. The van der Waals surface area contributed by atoms with Gasteiger partial charge in [-0.05, 0) is 57.6 Å². The first kappa shape index (κ1) is 21.1. The lowest BCUT2D eigenvalue weighted by Crippen LogP contribution is -2.43. The van der Waals surface area contributed by atoms with Crippen LogP contribution >= 0.6 is 0 Å². The number of anilines is 1. The molecule has 0 atom stereocenters. The topological polar surface area (TPSA) is 53.1 Å². The van der Waals surface area contributed by atoms with Crippen LogP contribution in [-0.4, -0.2) is 61.4 Å². The highest BCUT2D eigenvalue weighted by Crippen LogP contribution is 2.39. The van der Waals surface area contributed by atoms with Gasteiger partial charge < -0.3 is 14.5 Å². The van der Waals surface area contributed by atoms with E-state index in [1.165, 1.54) is 4.90 Å². The number of benzene rings is 2. The van der Waals surface area contributed by atoms with E-state index in [0.29, 0.717) is 29.3 Å². The molecule has 162 valence electrons. The Morgan fingerprint density at radius 2 is 1.61 bits per heavy atom. The summed E-state index contributed by atoms with van der Waals surface area (Å²) in [4.78, 5) is 33.0. The van der Waals surface area contributed by atoms with Crippen LogP contribution in [0, 0.1) is 0 Å². The largest absolute Gasteiger partial charge is 0.492 e. The van der Waals surface area contributed by atoms with Crippen molar-refractivity contribution < 1.29 is 14.3 Å². The van der Waals surface area contributed by atoms with Gasteiger partial charge in [-0.25, -0.2) is 4.90 Å². The number of imide groups is 1. The van der Waals surface area contributed by atoms with Crippen LogP contribution in [0.2, 0.25) is 0 Å². The number of likely N-dealkylation sites (tertiary alicyclic amines) is 1. The standard InChI is InChI=1S/C25H29N3O3/c1-4-31-21-13-9-8-12-20(21)28-24(29)22(18-10-6-5-7-11-18)23(25(28)30)27(3)19-14-16-26(2)17-15-19/h5-13,19H,4,14-17H2,1-3H3. The summed E-state index contributed by atoms with van der Waals surface area (Å²) in [5.74, 6) is -0.0714. The van der Waals surface area contributed by atoms with E-state index >= 15 is 0 Å². The predicted molar refractivity (Wildman–Crippen MR) is 122 cm³/mol. The third-order valence-electron chi connectivity index (χ3n) is 6.12. The van der Waals surface area contributed by atoms with Crippen LogP contribution in [0.3, 0.4) is 0 Å². The van der Waals surface area contributed by atoms with Crippen LogP contribution in [0.25, 0.3) is 5.57 Å². The molecular weight excluding hydrogens is 390 g/mol. The fourth-order valence-corrected chi connectivity index (χ4v) is 4.41. The summed E-state index contributed by atoms with van der Waals surface area (Å²) < 4.78 is 5.73. The van der Waals surface area contributed by atoms with Gasteiger partial charge in [-0.2, -0.15) is 0 Å². The first-order chi connectivity index (χ1) is 15.0. The number of carbonyl (C=O) groups is 2. The molecule has 0 saturated carbocycles. The molecule has 1 saturated heterocycles. The summed E-state index contributed by atoms with van der Waals surface area (Å²) in [6.45, 7) is 4.29. The van der Waals surface area contributed by atoms with Gasteiger partial charge in [0.1, 0.15) is 11.4 Å². The van der Waals surface area contributed by atoms with Gasteiger partial charge in [0.15, 0.2) is 0 Å². The first-order valence-electron chi connectivity index (χ1n) is 10.8. The van der Waals surface area contributed by atoms with Crippen molar-refractivity contribution in [2.24, 2.45) is 0 Å². The molecule has 0 radical (unpaired) electrons. The number of para-hydroxylation sites is 2. The quantitative estimate of drug-likeness (QED) is 0.672. The van der Waals surface area contributed by atoms with Crippen molar-refractivity contribution in [1.29, 1.82) is 0 Å². The number of hydrogen-bond donors (Lipinski definition) is 0. The fraction of sp³-hybridized carbons (Fsp3) is 0.360. The number of nitrogens with zero attached hydrogens (tertiary/aromatic N) is 3. The summed E-state index contributed by atoms with van der Waals surface area (Å²) >= 11 is 0. The number of ether oxygens (including phenoxy) is 1. The number of hydrogen-bond acceptors (Lipinski definition) is 5. The van der Waals surface area contributed by atoms with Crippen molar-refractivity contribution in [3.8, 4) is 5.75 Å². The van der Waals surface area contributed by atoms with Gasteiger partial charge in [-0.15, -0.1) is 0 Å². The van der Waals surface area contributed by atoms with Crippen molar-refractivity contribution in [2.45, 2.75) is 25.8 Å². The third-order valence-corrected chi connectivity index (χ3v) is 6.12. The Hall–Kier alpha value is -3.12. The maximum atomic E-state index is 13.7. The van der Waals surface area contributed by atoms with Crippen LogP contribution in [-0.2, 0) is 9.59 Å². The van der Waals surface area contributed by atoms with Gasteiger partial charge in [0, 0.05) is 13.1 Å². The van der Waals surface area contributed by atoms with Crippen LogP contribution in [0.1, 0.15) is 25.3 Å². The second-order valence-electron chi connectivity index (χ2n) is 8.08. The predicted octanol–water partition coefficient (Wildman–Crippen LogP) is 3.40. The molecule has 4 rings (SSSR count). The Labute approximate surface area is 183 Å². The van der Waals surface area contributed by atoms with Crippen molar-refractivity contribution in [2.75, 3.05) is 38.7 Å². The summed E-state index contributed by atoms with van der Waals surface area (Å²) in [6.07, 6.45) is 1.91. The summed E-state index contributed by atoms with van der Waals surface area (Å²) in [6, 6.07) is 16.9. The minimum absolute atomic E-state index is 0.212. The zero-order valence-electron chi connectivity index (χ0n) is 18.4. The first-order valence-corrected chi connectivity index (χ1v) is 10.8. The van der Waals surface area contributed by atoms with E-state index in [-0.39, 0.29) is 17.9 Å². The molecule has 0 aromatic heterocycles. The Kier molecular flexibility index (Phi) is 6.09. The van der Waals surface area contributed by atoms with E-state index < -0.39 is 0 Å². The molecular formula is C25H29N3O3. The van der Waals surface area contributed by atoms with E-state index in [9.17, 15) is 9.59 Å². The smallest absolute Gasteiger partial charge is 0.282 e. The summed E-state index contributed by atoms with van der Waals surface area (Å²) in [5.41, 5.74) is 2.17. The molecule has 0 bridgehead atoms. The minimum Gasteiger partial charge on any atom is -0.492 e. The van der Waals surface area contributed by atoms with E-state index in [1.54, 1.807) is 12.1 Å². The molecule has 0 N–H and O–H groups in total. The number of carbonyl (C=O) groups excluding carboxylic acids is 2. The summed E-state index contributed by atoms with van der Waals surface area (Å²) in [5, 5.41) is 0. The SMILES string of the molecule is CCOc1ccccc1N1C(=O)C(c2ccccc2)=C(N(C)C2CCN(C)CC2)C1=O. The second kappa shape index (κ2) is 8.94. The van der Waals surface area contributed by atoms with E-state index in [4.69, 9.17) is 4.74 Å². The molecule has 2 aromatic rings. The zero-order chi connectivity index (χ0) is 22.0. The molecule has 2 aromatic carbocycles. The molecule has 1 fully saturated rings. The van der Waals surface area contributed by atoms with Crippen molar-refractivity contribution in [3.63, 3.8) is 0 Å². The third kappa shape index (κ3) is 3.95. The van der Waals surface area contributed by atoms with Gasteiger partial charge in [0.25, 0.3) is 11.8 Å². The summed E-state index contributed by atoms with van der Waals surface area (Å²) in [7, 11) is 4.05. The lowest BCUT2D eigenvalue weighted by Gasteiger charge is -2.36. The van der Waals surface area contributed by atoms with Crippen molar-refractivity contribution in [3.05, 3.63) is 65.9 Å². The van der Waals surface area contributed by atoms with Crippen LogP contribution in [0.15, 0.2) is 60.3 Å². The molecule has 0 unspecified atom stereocenters. The lowest BCUT2D eigenvalue weighted by molar-refractivity contribution is -0.120. The molecule has 6 nitrogen and oxygen atoms in total. The number of rotatable bonds is 6. The van der Waals surface area contributed by atoms with Crippen molar-refractivity contribution in [1.82, 2.24) is 9.80 Å². The van der Waals surface area contributed by atoms with Gasteiger partial charge in [0.05, 0.1) is 17.9 Å². The van der Waals surface area contributed by atoms with Crippen LogP contribution in [0.5, 0.6) is 5.75 Å². The molecule has 2 aliphatic heterocycles. The lowest BCUT2D eigenvalue weighted by atomic mass is 10.0. The maximum Gasteiger partial charge on any atom is 0.282 e. The Morgan fingerprint density at radius 3 is 2.29 bits per heavy atom. The highest BCUT2D eigenvalue weighted by molar-refractivity contribution is 6.45. The molecule has 0 aliphatic carbocycles. The van der Waals surface area contributed by atoms with E-state index in [1.807, 2.05) is 61.3 Å². The Balaban J connectivity index is 1.78. The fourth-order valence-electron chi connectivity index (χ4n) is 4.41. The molecule has 31 heavy (non-hydrogen) atoms. The zero-order valence-corrected chi connectivity index (χ0v) is 18.4. The molecule has 2 aliphatic rings. The Bertz CT molecular complexity index is 994. The van der Waals surface area contributed by atoms with Gasteiger partial charge >= 0.3 is 0 Å². The van der Waals surface area contributed by atoms with Crippen LogP contribution < -0.4 is 9.64 Å². The van der Waals surface area contributed by atoms with Gasteiger partial charge in [0.2, 0.25) is 0 Å². The normalized spacial score (nSPS) is 18.1. The minimum atomic E-state index is -0.307. The molecule has 6 heteroatoms. The van der Waals surface area contributed by atoms with Gasteiger partial charge in [-0.1, -0.05) is 42.5 Å². The maximum absolute atomic E-state index is 13.7. The Morgan fingerprint density at radius 1 is 0.968 bits per heavy atom.